The monoisotopic (exact) mass is 314 g/mol. The Hall–Kier alpha value is -0.940. The van der Waals surface area contributed by atoms with Crippen molar-refractivity contribution in [3.63, 3.8) is 0 Å². The van der Waals surface area contributed by atoms with Crippen molar-refractivity contribution in [1.82, 2.24) is 0 Å². The van der Waals surface area contributed by atoms with Crippen LogP contribution in [0, 0.1) is 0 Å². The Bertz CT molecular complexity index is 418. The van der Waals surface area contributed by atoms with Crippen LogP contribution in [0.5, 0.6) is 11.5 Å². The molecule has 2 rings (SSSR count). The lowest BCUT2D eigenvalue weighted by Crippen LogP contribution is -2.39. The van der Waals surface area contributed by atoms with Crippen LogP contribution in [0.25, 0.3) is 0 Å². The molecule has 0 atom stereocenters. The number of hydrogen-bond donors (Lipinski definition) is 1. The standard InChI is InChI=1S/C13H19BrN2O2/c1-17-11-4-3-10(13(18-2)12(11)14)16-7-5-9(15)6-8-16/h3-4,9H,5-8,15H2,1-2H3. The van der Waals surface area contributed by atoms with Crippen molar-refractivity contribution in [2.45, 2.75) is 18.9 Å². The summed E-state index contributed by atoms with van der Waals surface area (Å²) in [6.45, 7) is 1.94. The summed E-state index contributed by atoms with van der Waals surface area (Å²) < 4.78 is 11.6. The largest absolute Gasteiger partial charge is 0.495 e. The van der Waals surface area contributed by atoms with Gasteiger partial charge in [0, 0.05) is 19.1 Å². The zero-order valence-corrected chi connectivity index (χ0v) is 12.4. The Labute approximate surface area is 116 Å². The van der Waals surface area contributed by atoms with Gasteiger partial charge in [-0.25, -0.2) is 0 Å². The van der Waals surface area contributed by atoms with Crippen LogP contribution in [0.4, 0.5) is 5.69 Å². The van der Waals surface area contributed by atoms with Gasteiger partial charge >= 0.3 is 0 Å². The molecule has 100 valence electrons. The highest BCUT2D eigenvalue weighted by Gasteiger charge is 2.21. The fraction of sp³-hybridized carbons (Fsp3) is 0.538. The minimum atomic E-state index is 0.328. The van der Waals surface area contributed by atoms with Gasteiger partial charge in [0.05, 0.1) is 19.9 Å². The van der Waals surface area contributed by atoms with Crippen LogP contribution in [-0.4, -0.2) is 33.4 Å². The SMILES string of the molecule is COc1ccc(N2CCC(N)CC2)c(OC)c1Br. The Kier molecular flexibility index (Phi) is 4.35. The van der Waals surface area contributed by atoms with Crippen LogP contribution in [0.15, 0.2) is 16.6 Å². The third-order valence-corrected chi connectivity index (χ3v) is 4.10. The molecule has 0 spiro atoms. The van der Waals surface area contributed by atoms with Gasteiger partial charge < -0.3 is 20.1 Å². The van der Waals surface area contributed by atoms with Crippen molar-refractivity contribution in [2.24, 2.45) is 5.73 Å². The van der Waals surface area contributed by atoms with Gasteiger partial charge in [0.15, 0.2) is 5.75 Å². The quantitative estimate of drug-likeness (QED) is 0.930. The molecule has 1 fully saturated rings. The highest BCUT2D eigenvalue weighted by atomic mass is 79.9. The van der Waals surface area contributed by atoms with E-state index in [0.717, 1.165) is 47.6 Å². The van der Waals surface area contributed by atoms with E-state index in [4.69, 9.17) is 15.2 Å². The lowest BCUT2D eigenvalue weighted by atomic mass is 10.1. The first-order chi connectivity index (χ1) is 8.67. The Balaban J connectivity index is 2.30. The number of hydrogen-bond acceptors (Lipinski definition) is 4. The van der Waals surface area contributed by atoms with Crippen molar-refractivity contribution in [3.05, 3.63) is 16.6 Å². The molecule has 1 aromatic rings. The molecule has 0 amide bonds. The maximum atomic E-state index is 5.93. The molecule has 0 aliphatic carbocycles. The van der Waals surface area contributed by atoms with Crippen LogP contribution in [0.2, 0.25) is 0 Å². The number of nitrogens with zero attached hydrogens (tertiary/aromatic N) is 1. The van der Waals surface area contributed by atoms with Crippen LogP contribution in [0.3, 0.4) is 0 Å². The first-order valence-electron chi connectivity index (χ1n) is 6.08. The van der Waals surface area contributed by atoms with E-state index in [-0.39, 0.29) is 0 Å². The van der Waals surface area contributed by atoms with Gasteiger partial charge in [0.1, 0.15) is 10.2 Å². The predicted molar refractivity (Wildman–Crippen MR) is 76.7 cm³/mol. The van der Waals surface area contributed by atoms with Crippen LogP contribution in [-0.2, 0) is 0 Å². The Morgan fingerprint density at radius 2 is 1.89 bits per heavy atom. The number of anilines is 1. The summed E-state index contributed by atoms with van der Waals surface area (Å²) in [4.78, 5) is 2.31. The van der Waals surface area contributed by atoms with Gasteiger partial charge in [-0.1, -0.05) is 0 Å². The summed E-state index contributed by atoms with van der Waals surface area (Å²) in [5.41, 5.74) is 7.03. The fourth-order valence-electron chi connectivity index (χ4n) is 2.27. The number of ether oxygens (including phenoxy) is 2. The molecule has 2 N–H and O–H groups in total. The van der Waals surface area contributed by atoms with Gasteiger partial charge in [-0.05, 0) is 40.9 Å². The normalized spacial score (nSPS) is 16.8. The van der Waals surface area contributed by atoms with Gasteiger partial charge in [0.25, 0.3) is 0 Å². The molecule has 1 saturated heterocycles. The van der Waals surface area contributed by atoms with Gasteiger partial charge in [-0.15, -0.1) is 0 Å². The lowest BCUT2D eigenvalue weighted by molar-refractivity contribution is 0.387. The first-order valence-corrected chi connectivity index (χ1v) is 6.87. The van der Waals surface area contributed by atoms with E-state index in [1.165, 1.54) is 0 Å². The first kappa shape index (κ1) is 13.5. The molecular weight excluding hydrogens is 296 g/mol. The van der Waals surface area contributed by atoms with Crippen LogP contribution in [0.1, 0.15) is 12.8 Å². The predicted octanol–water partition coefficient (Wildman–Crippen LogP) is 2.39. The number of nitrogens with two attached hydrogens (primary N) is 1. The number of piperidine rings is 1. The topological polar surface area (TPSA) is 47.7 Å². The lowest BCUT2D eigenvalue weighted by Gasteiger charge is -2.33. The van der Waals surface area contributed by atoms with E-state index >= 15 is 0 Å². The number of benzene rings is 1. The summed E-state index contributed by atoms with van der Waals surface area (Å²) in [6.07, 6.45) is 2.04. The molecule has 1 aliphatic rings. The second kappa shape index (κ2) is 5.80. The molecular formula is C13H19BrN2O2. The van der Waals surface area contributed by atoms with E-state index in [1.54, 1.807) is 14.2 Å². The molecule has 1 aromatic carbocycles. The molecule has 18 heavy (non-hydrogen) atoms. The highest BCUT2D eigenvalue weighted by molar-refractivity contribution is 9.10. The second-order valence-corrected chi connectivity index (χ2v) is 5.25. The van der Waals surface area contributed by atoms with Gasteiger partial charge in [-0.2, -0.15) is 0 Å². The number of methoxy groups -OCH3 is 2. The summed E-state index contributed by atoms with van der Waals surface area (Å²) in [5.74, 6) is 1.61. The minimum Gasteiger partial charge on any atom is -0.495 e. The highest BCUT2D eigenvalue weighted by Crippen LogP contribution is 2.42. The summed E-state index contributed by atoms with van der Waals surface area (Å²) in [7, 11) is 3.33. The molecule has 0 aromatic heterocycles. The third kappa shape index (κ3) is 2.57. The number of rotatable bonds is 3. The summed E-state index contributed by atoms with van der Waals surface area (Å²) >= 11 is 3.53. The summed E-state index contributed by atoms with van der Waals surface area (Å²) in [6, 6.07) is 4.32. The smallest absolute Gasteiger partial charge is 0.160 e. The molecule has 0 bridgehead atoms. The van der Waals surface area contributed by atoms with E-state index in [2.05, 4.69) is 20.8 Å². The van der Waals surface area contributed by atoms with Crippen LogP contribution >= 0.6 is 15.9 Å². The molecule has 5 heteroatoms. The molecule has 1 aliphatic heterocycles. The molecule has 0 radical (unpaired) electrons. The maximum Gasteiger partial charge on any atom is 0.160 e. The second-order valence-electron chi connectivity index (χ2n) is 4.46. The summed E-state index contributed by atoms with van der Waals surface area (Å²) in [5, 5.41) is 0. The van der Waals surface area contributed by atoms with Crippen molar-refractivity contribution >= 4 is 21.6 Å². The third-order valence-electron chi connectivity index (χ3n) is 3.35. The average molecular weight is 315 g/mol. The Morgan fingerprint density at radius 1 is 1.22 bits per heavy atom. The van der Waals surface area contributed by atoms with E-state index in [9.17, 15) is 0 Å². The van der Waals surface area contributed by atoms with E-state index in [1.807, 2.05) is 12.1 Å². The van der Waals surface area contributed by atoms with Crippen molar-refractivity contribution in [2.75, 3.05) is 32.2 Å². The minimum absolute atomic E-state index is 0.328. The molecule has 1 heterocycles. The molecule has 0 saturated carbocycles. The maximum absolute atomic E-state index is 5.93. The molecule has 4 nitrogen and oxygen atoms in total. The zero-order chi connectivity index (χ0) is 13.1. The van der Waals surface area contributed by atoms with Crippen LogP contribution < -0.4 is 20.1 Å². The van der Waals surface area contributed by atoms with Crippen molar-refractivity contribution in [1.29, 1.82) is 0 Å². The van der Waals surface area contributed by atoms with E-state index in [0.29, 0.717) is 6.04 Å². The number of halogens is 1. The Morgan fingerprint density at radius 3 is 2.44 bits per heavy atom. The van der Waals surface area contributed by atoms with Gasteiger partial charge in [0.2, 0.25) is 0 Å². The molecule has 0 unspecified atom stereocenters. The van der Waals surface area contributed by atoms with Crippen molar-refractivity contribution in [3.8, 4) is 11.5 Å². The zero-order valence-electron chi connectivity index (χ0n) is 10.8. The van der Waals surface area contributed by atoms with Crippen molar-refractivity contribution < 1.29 is 9.47 Å². The average Bonchev–Trinajstić information content (AvgIpc) is 2.39. The fourth-order valence-corrected chi connectivity index (χ4v) is 2.93. The van der Waals surface area contributed by atoms with Gasteiger partial charge in [-0.3, -0.25) is 0 Å². The van der Waals surface area contributed by atoms with E-state index < -0.39 is 0 Å².